The number of thioether (sulfide) groups is 1. The van der Waals surface area contributed by atoms with Gasteiger partial charge in [0.1, 0.15) is 0 Å². The molecule has 4 heteroatoms. The molecule has 1 aromatic rings. The molecule has 0 bridgehead atoms. The van der Waals surface area contributed by atoms with Gasteiger partial charge in [-0.15, -0.1) is 11.8 Å². The molecule has 1 amide bonds. The van der Waals surface area contributed by atoms with Gasteiger partial charge in [0, 0.05) is 11.2 Å². The van der Waals surface area contributed by atoms with Crippen molar-refractivity contribution < 1.29 is 9.90 Å². The van der Waals surface area contributed by atoms with Crippen molar-refractivity contribution in [3.05, 3.63) is 35.4 Å². The molecule has 1 aliphatic carbocycles. The van der Waals surface area contributed by atoms with Crippen LogP contribution in [-0.2, 0) is 11.2 Å². The van der Waals surface area contributed by atoms with Gasteiger partial charge < -0.3 is 10.4 Å². The summed E-state index contributed by atoms with van der Waals surface area (Å²) in [6.07, 6.45) is 0.106. The molecule has 2 rings (SSSR count). The van der Waals surface area contributed by atoms with Gasteiger partial charge >= 0.3 is 0 Å². The Morgan fingerprint density at radius 2 is 2.11 bits per heavy atom. The third kappa shape index (κ3) is 3.74. The van der Waals surface area contributed by atoms with E-state index in [1.165, 1.54) is 0 Å². The van der Waals surface area contributed by atoms with E-state index in [2.05, 4.69) is 26.1 Å². The lowest BCUT2D eigenvalue weighted by atomic mass is 10.1. The summed E-state index contributed by atoms with van der Waals surface area (Å²) in [6, 6.07) is 7.64. The molecular weight excluding hydrogens is 258 g/mol. The second-order valence-electron chi connectivity index (χ2n) is 5.92. The van der Waals surface area contributed by atoms with E-state index in [0.29, 0.717) is 12.2 Å². The van der Waals surface area contributed by atoms with Crippen molar-refractivity contribution in [3.8, 4) is 0 Å². The standard InChI is InChI=1S/C15H21NO2S/c1-15(2,3)19-9-13(18)16-14-11-7-5-4-6-10(11)8-12(14)17/h4-7,12,14,17H,8-9H2,1-3H3,(H,16,18)/t12-,14+/m0/s1. The third-order valence-corrected chi connectivity index (χ3v) is 4.43. The van der Waals surface area contributed by atoms with E-state index in [1.54, 1.807) is 11.8 Å². The van der Waals surface area contributed by atoms with Gasteiger partial charge in [-0.2, -0.15) is 0 Å². The maximum absolute atomic E-state index is 12.0. The van der Waals surface area contributed by atoms with Crippen LogP contribution in [0.3, 0.4) is 0 Å². The number of fused-ring (bicyclic) bond motifs is 1. The first kappa shape index (κ1) is 14.4. The number of hydrogen-bond donors (Lipinski definition) is 2. The predicted molar refractivity (Wildman–Crippen MR) is 79.2 cm³/mol. The predicted octanol–water partition coefficient (Wildman–Crippen LogP) is 2.29. The van der Waals surface area contributed by atoms with Gasteiger partial charge in [-0.1, -0.05) is 45.0 Å². The van der Waals surface area contributed by atoms with Crippen LogP contribution in [0.1, 0.15) is 37.9 Å². The van der Waals surface area contributed by atoms with Crippen molar-refractivity contribution in [2.45, 2.75) is 44.1 Å². The highest BCUT2D eigenvalue weighted by Gasteiger charge is 2.31. The first-order chi connectivity index (χ1) is 8.87. The Kier molecular flexibility index (Phi) is 4.21. The molecule has 0 aliphatic heterocycles. The minimum absolute atomic E-state index is 0.0133. The molecule has 0 heterocycles. The number of aliphatic hydroxyl groups is 1. The molecule has 1 aromatic carbocycles. The Balaban J connectivity index is 1.98. The summed E-state index contributed by atoms with van der Waals surface area (Å²) in [5.74, 6) is 0.412. The minimum atomic E-state index is -0.513. The molecule has 0 unspecified atom stereocenters. The van der Waals surface area contributed by atoms with Crippen molar-refractivity contribution in [3.63, 3.8) is 0 Å². The van der Waals surface area contributed by atoms with Gasteiger partial charge in [0.2, 0.25) is 5.91 Å². The number of amides is 1. The van der Waals surface area contributed by atoms with E-state index in [-0.39, 0.29) is 16.7 Å². The average molecular weight is 279 g/mol. The number of hydrogen-bond acceptors (Lipinski definition) is 3. The van der Waals surface area contributed by atoms with Crippen molar-refractivity contribution in [1.82, 2.24) is 5.32 Å². The molecule has 2 atom stereocenters. The number of aliphatic hydroxyl groups excluding tert-OH is 1. The second-order valence-corrected chi connectivity index (χ2v) is 7.72. The molecule has 1 aliphatic rings. The first-order valence-corrected chi connectivity index (χ1v) is 7.54. The number of nitrogens with one attached hydrogen (secondary N) is 1. The monoisotopic (exact) mass is 279 g/mol. The van der Waals surface area contributed by atoms with Crippen LogP contribution in [-0.4, -0.2) is 27.6 Å². The first-order valence-electron chi connectivity index (χ1n) is 6.56. The second kappa shape index (κ2) is 5.55. The summed E-state index contributed by atoms with van der Waals surface area (Å²) in [5.41, 5.74) is 2.17. The van der Waals surface area contributed by atoms with Crippen LogP contribution in [0.25, 0.3) is 0 Å². The van der Waals surface area contributed by atoms with Gasteiger partial charge in [-0.05, 0) is 11.1 Å². The Bertz CT molecular complexity index is 467. The summed E-state index contributed by atoms with van der Waals surface area (Å²) in [6.45, 7) is 6.26. The molecule has 0 saturated carbocycles. The van der Waals surface area contributed by atoms with Gasteiger partial charge in [0.15, 0.2) is 0 Å². The molecule has 2 N–H and O–H groups in total. The quantitative estimate of drug-likeness (QED) is 0.892. The molecule has 104 valence electrons. The third-order valence-electron chi connectivity index (χ3n) is 3.16. The molecule has 0 spiro atoms. The zero-order valence-electron chi connectivity index (χ0n) is 11.6. The van der Waals surface area contributed by atoms with Crippen LogP contribution in [0.4, 0.5) is 0 Å². The van der Waals surface area contributed by atoms with Crippen molar-refractivity contribution >= 4 is 17.7 Å². The Labute approximate surface area is 118 Å². The zero-order valence-corrected chi connectivity index (χ0v) is 12.5. The van der Waals surface area contributed by atoms with Gasteiger partial charge in [-0.3, -0.25) is 4.79 Å². The Morgan fingerprint density at radius 1 is 1.42 bits per heavy atom. The van der Waals surface area contributed by atoms with Crippen molar-refractivity contribution in [2.75, 3.05) is 5.75 Å². The Morgan fingerprint density at radius 3 is 2.79 bits per heavy atom. The summed E-state index contributed by atoms with van der Waals surface area (Å²) >= 11 is 1.61. The topological polar surface area (TPSA) is 49.3 Å². The molecule has 19 heavy (non-hydrogen) atoms. The van der Waals surface area contributed by atoms with E-state index in [9.17, 15) is 9.90 Å². The van der Waals surface area contributed by atoms with E-state index < -0.39 is 6.10 Å². The van der Waals surface area contributed by atoms with Gasteiger partial charge in [0.25, 0.3) is 0 Å². The van der Waals surface area contributed by atoms with Gasteiger partial charge in [-0.25, -0.2) is 0 Å². The highest BCUT2D eigenvalue weighted by molar-refractivity contribution is 8.01. The normalized spacial score (nSPS) is 22.1. The number of benzene rings is 1. The summed E-state index contributed by atoms with van der Waals surface area (Å²) in [5, 5.41) is 13.0. The fraction of sp³-hybridized carbons (Fsp3) is 0.533. The number of rotatable bonds is 3. The highest BCUT2D eigenvalue weighted by Crippen LogP contribution is 2.31. The van der Waals surface area contributed by atoms with Crippen LogP contribution in [0.2, 0.25) is 0 Å². The van der Waals surface area contributed by atoms with Gasteiger partial charge in [0.05, 0.1) is 17.9 Å². The summed E-state index contributed by atoms with van der Waals surface area (Å²) < 4.78 is 0.0730. The number of carbonyl (C=O) groups excluding carboxylic acids is 1. The van der Waals surface area contributed by atoms with E-state index in [4.69, 9.17) is 0 Å². The summed E-state index contributed by atoms with van der Waals surface area (Å²) in [7, 11) is 0. The van der Waals surface area contributed by atoms with Crippen LogP contribution >= 0.6 is 11.8 Å². The summed E-state index contributed by atoms with van der Waals surface area (Å²) in [4.78, 5) is 12.0. The molecule has 0 aromatic heterocycles. The lowest BCUT2D eigenvalue weighted by Crippen LogP contribution is -2.35. The van der Waals surface area contributed by atoms with Crippen LogP contribution in [0.15, 0.2) is 24.3 Å². The van der Waals surface area contributed by atoms with Crippen molar-refractivity contribution in [1.29, 1.82) is 0 Å². The van der Waals surface area contributed by atoms with Crippen LogP contribution in [0.5, 0.6) is 0 Å². The fourth-order valence-electron chi connectivity index (χ4n) is 2.25. The molecule has 0 saturated heterocycles. The van der Waals surface area contributed by atoms with Crippen LogP contribution in [0, 0.1) is 0 Å². The number of carbonyl (C=O) groups is 1. The lowest BCUT2D eigenvalue weighted by molar-refractivity contribution is -0.120. The molecular formula is C15H21NO2S. The maximum atomic E-state index is 12.0. The lowest BCUT2D eigenvalue weighted by Gasteiger charge is -2.20. The van der Waals surface area contributed by atoms with Crippen molar-refractivity contribution in [2.24, 2.45) is 0 Å². The fourth-order valence-corrected chi connectivity index (χ4v) is 2.89. The average Bonchev–Trinajstić information content (AvgIpc) is 2.63. The SMILES string of the molecule is CC(C)(C)SCC(=O)N[C@@H]1c2ccccc2C[C@@H]1O. The minimum Gasteiger partial charge on any atom is -0.390 e. The van der Waals surface area contributed by atoms with E-state index in [0.717, 1.165) is 11.1 Å². The van der Waals surface area contributed by atoms with E-state index in [1.807, 2.05) is 24.3 Å². The van der Waals surface area contributed by atoms with Crippen LogP contribution < -0.4 is 5.32 Å². The molecule has 0 radical (unpaired) electrons. The molecule has 0 fully saturated rings. The highest BCUT2D eigenvalue weighted by atomic mass is 32.2. The zero-order chi connectivity index (χ0) is 14.0. The Hall–Kier alpha value is -1.00. The maximum Gasteiger partial charge on any atom is 0.230 e. The van der Waals surface area contributed by atoms with E-state index >= 15 is 0 Å². The largest absolute Gasteiger partial charge is 0.390 e. The molecule has 3 nitrogen and oxygen atoms in total. The smallest absolute Gasteiger partial charge is 0.230 e.